The van der Waals surface area contributed by atoms with Crippen molar-refractivity contribution in [2.45, 2.75) is 4.90 Å². The van der Waals surface area contributed by atoms with Crippen LogP contribution in [0.1, 0.15) is 0 Å². The molecule has 0 spiro atoms. The maximum absolute atomic E-state index is 6.22. The van der Waals surface area contributed by atoms with Gasteiger partial charge < -0.3 is 9.47 Å². The summed E-state index contributed by atoms with van der Waals surface area (Å²) in [5.41, 5.74) is 2.72. The van der Waals surface area contributed by atoms with Gasteiger partial charge in [-0.25, -0.2) is 0 Å². The Morgan fingerprint density at radius 3 is 2.55 bits per heavy atom. The van der Waals surface area contributed by atoms with E-state index >= 15 is 0 Å². The molecule has 0 saturated carbocycles. The van der Waals surface area contributed by atoms with Crippen LogP contribution in [0.15, 0.2) is 70.8 Å². The zero-order valence-corrected chi connectivity index (χ0v) is 12.5. The number of rotatable bonds is 5. The van der Waals surface area contributed by atoms with Gasteiger partial charge in [-0.15, -0.1) is 0 Å². The molecule has 102 valence electrons. The van der Waals surface area contributed by atoms with E-state index in [1.54, 1.807) is 13.2 Å². The highest BCUT2D eigenvalue weighted by Crippen LogP contribution is 2.41. The summed E-state index contributed by atoms with van der Waals surface area (Å²) < 4.78 is 11.0. The van der Waals surface area contributed by atoms with Crippen molar-refractivity contribution in [3.8, 4) is 11.5 Å². The van der Waals surface area contributed by atoms with Crippen molar-refractivity contribution in [1.29, 1.82) is 0 Å². The van der Waals surface area contributed by atoms with Gasteiger partial charge in [-0.2, -0.15) is 0 Å². The number of hydrogen-bond acceptors (Lipinski definition) is 3. The molecule has 0 radical (unpaired) electrons. The number of benzene rings is 2. The fourth-order valence-electron chi connectivity index (χ4n) is 1.52. The lowest BCUT2D eigenvalue weighted by atomic mass is 10.3. The molecule has 0 bridgehead atoms. The van der Waals surface area contributed by atoms with Crippen LogP contribution in [-0.4, -0.2) is 7.11 Å². The molecular weight excluding hydrogens is 292 g/mol. The quantitative estimate of drug-likeness (QED) is 0.413. The first-order valence-electron chi connectivity index (χ1n) is 5.88. The lowest BCUT2D eigenvalue weighted by molar-refractivity contribution is 0.325. The molecule has 0 atom stereocenters. The van der Waals surface area contributed by atoms with Gasteiger partial charge >= 0.3 is 0 Å². The van der Waals surface area contributed by atoms with Crippen LogP contribution in [0.3, 0.4) is 0 Å². The fourth-order valence-corrected chi connectivity index (χ4v) is 2.54. The van der Waals surface area contributed by atoms with Crippen LogP contribution in [0.25, 0.3) is 0 Å². The number of ether oxygens (including phenoxy) is 2. The van der Waals surface area contributed by atoms with Crippen LogP contribution in [0, 0.1) is 0 Å². The van der Waals surface area contributed by atoms with Gasteiger partial charge in [0.05, 0.1) is 17.0 Å². The van der Waals surface area contributed by atoms with E-state index in [2.05, 4.69) is 12.3 Å². The number of thioether (sulfide) groups is 1. The van der Waals surface area contributed by atoms with Crippen molar-refractivity contribution in [3.05, 3.63) is 71.0 Å². The average molecular weight is 305 g/mol. The molecule has 2 rings (SSSR count). The van der Waals surface area contributed by atoms with E-state index in [0.717, 1.165) is 10.6 Å². The van der Waals surface area contributed by atoms with Crippen molar-refractivity contribution in [2.75, 3.05) is 7.11 Å². The second kappa shape index (κ2) is 7.11. The van der Waals surface area contributed by atoms with Gasteiger partial charge in [0.2, 0.25) is 5.09 Å². The minimum atomic E-state index is 0.540. The molecule has 0 amide bonds. The summed E-state index contributed by atoms with van der Waals surface area (Å²) in [4.78, 5) is 0.842. The maximum atomic E-state index is 6.22. The third kappa shape index (κ3) is 3.61. The molecule has 20 heavy (non-hydrogen) atoms. The second-order valence-corrected chi connectivity index (χ2v) is 5.17. The third-order valence-corrected chi connectivity index (χ3v) is 3.76. The summed E-state index contributed by atoms with van der Waals surface area (Å²) in [6.45, 7) is 3.58. The molecular formula is C16H13ClO2S. The largest absolute Gasteiger partial charge is 0.484 e. The fraction of sp³-hybridized carbons (Fsp3) is 0.0625. The van der Waals surface area contributed by atoms with Crippen LogP contribution in [0.5, 0.6) is 11.5 Å². The van der Waals surface area contributed by atoms with Crippen molar-refractivity contribution in [3.63, 3.8) is 0 Å². The monoisotopic (exact) mass is 304 g/mol. The van der Waals surface area contributed by atoms with E-state index in [1.807, 2.05) is 42.5 Å². The Bertz CT molecular complexity index is 634. The Morgan fingerprint density at radius 2 is 1.90 bits per heavy atom. The van der Waals surface area contributed by atoms with E-state index < -0.39 is 0 Å². The van der Waals surface area contributed by atoms with Gasteiger partial charge in [-0.05, 0) is 36.0 Å². The lowest BCUT2D eigenvalue weighted by Gasteiger charge is -2.12. The maximum Gasteiger partial charge on any atom is 0.201 e. The molecule has 0 heterocycles. The van der Waals surface area contributed by atoms with E-state index in [0.29, 0.717) is 15.9 Å². The van der Waals surface area contributed by atoms with Crippen LogP contribution in [0.2, 0.25) is 5.02 Å². The molecule has 0 N–H and O–H groups in total. The highest BCUT2D eigenvalue weighted by Gasteiger charge is 2.12. The molecule has 2 nitrogen and oxygen atoms in total. The Labute approximate surface area is 127 Å². The smallest absolute Gasteiger partial charge is 0.201 e. The Morgan fingerprint density at radius 1 is 1.15 bits per heavy atom. The molecule has 0 aliphatic heterocycles. The predicted octanol–water partition coefficient (Wildman–Crippen LogP) is 5.50. The Hall–Kier alpha value is -1.80. The Balaban J connectivity index is 2.34. The average Bonchev–Trinajstić information content (AvgIpc) is 2.49. The lowest BCUT2D eigenvalue weighted by Crippen LogP contribution is -1.89. The first kappa shape index (κ1) is 14.6. The van der Waals surface area contributed by atoms with E-state index in [9.17, 15) is 0 Å². The molecule has 2 aromatic carbocycles. The van der Waals surface area contributed by atoms with Crippen LogP contribution < -0.4 is 4.74 Å². The predicted molar refractivity (Wildman–Crippen MR) is 83.5 cm³/mol. The van der Waals surface area contributed by atoms with Crippen molar-refractivity contribution < 1.29 is 9.47 Å². The van der Waals surface area contributed by atoms with Crippen LogP contribution >= 0.6 is 23.4 Å². The zero-order chi connectivity index (χ0) is 14.4. The van der Waals surface area contributed by atoms with Gasteiger partial charge in [-0.1, -0.05) is 48.2 Å². The normalized spacial score (nSPS) is 9.70. The van der Waals surface area contributed by atoms with Gasteiger partial charge in [0, 0.05) is 0 Å². The topological polar surface area (TPSA) is 18.5 Å². The summed E-state index contributed by atoms with van der Waals surface area (Å²) in [7, 11) is 1.57. The van der Waals surface area contributed by atoms with Gasteiger partial charge in [0.15, 0.2) is 5.75 Å². The summed E-state index contributed by atoms with van der Waals surface area (Å²) in [6.07, 6.45) is 0. The Kier molecular flexibility index (Phi) is 5.19. The molecule has 0 fully saturated rings. The number of methoxy groups -OCH3 is 1. The van der Waals surface area contributed by atoms with E-state index in [-0.39, 0.29) is 0 Å². The standard InChI is InChI=1S/C16H13ClO2S/c1-3-15(18-2)20-14-11-7-10-13(17)16(14)19-12-8-5-4-6-9-12/h4-11H,1H2,2H3. The summed E-state index contributed by atoms with van der Waals surface area (Å²) in [5, 5.41) is 1.10. The van der Waals surface area contributed by atoms with Gasteiger partial charge in [0.25, 0.3) is 0 Å². The first-order valence-corrected chi connectivity index (χ1v) is 7.07. The van der Waals surface area contributed by atoms with Crippen molar-refractivity contribution in [2.24, 2.45) is 0 Å². The number of para-hydroxylation sites is 2. The molecule has 2 aromatic rings. The molecule has 0 aliphatic rings. The molecule has 0 aromatic heterocycles. The SMILES string of the molecule is C=C=C(OC)Sc1cccc(Cl)c1Oc1ccccc1. The highest BCUT2D eigenvalue weighted by molar-refractivity contribution is 8.03. The van der Waals surface area contributed by atoms with E-state index in [1.165, 1.54) is 11.8 Å². The van der Waals surface area contributed by atoms with E-state index in [4.69, 9.17) is 21.1 Å². The van der Waals surface area contributed by atoms with Crippen LogP contribution in [0.4, 0.5) is 0 Å². The van der Waals surface area contributed by atoms with Gasteiger partial charge in [-0.3, -0.25) is 0 Å². The zero-order valence-electron chi connectivity index (χ0n) is 10.9. The molecule has 0 aliphatic carbocycles. The minimum Gasteiger partial charge on any atom is -0.484 e. The van der Waals surface area contributed by atoms with Crippen molar-refractivity contribution >= 4 is 23.4 Å². The summed E-state index contributed by atoms with van der Waals surface area (Å²) >= 11 is 7.58. The number of halogens is 1. The van der Waals surface area contributed by atoms with Crippen molar-refractivity contribution in [1.82, 2.24) is 0 Å². The molecule has 4 heteroatoms. The summed E-state index contributed by atoms with van der Waals surface area (Å²) in [5.74, 6) is 1.32. The number of hydrogen-bond donors (Lipinski definition) is 0. The van der Waals surface area contributed by atoms with Crippen LogP contribution in [-0.2, 0) is 4.74 Å². The molecule has 0 saturated heterocycles. The minimum absolute atomic E-state index is 0.540. The third-order valence-electron chi connectivity index (χ3n) is 2.43. The van der Waals surface area contributed by atoms with Gasteiger partial charge in [0.1, 0.15) is 5.75 Å². The molecule has 0 unspecified atom stereocenters. The summed E-state index contributed by atoms with van der Waals surface area (Å²) in [6, 6.07) is 15.0. The second-order valence-electron chi connectivity index (χ2n) is 3.75. The first-order chi connectivity index (χ1) is 9.74. The highest BCUT2D eigenvalue weighted by atomic mass is 35.5.